The zero-order valence-electron chi connectivity index (χ0n) is 36.8. The number of amides is 4. The van der Waals surface area contributed by atoms with Crippen LogP contribution in [0.3, 0.4) is 0 Å². The maximum atomic E-state index is 14.9. The molecule has 0 aromatic heterocycles. The summed E-state index contributed by atoms with van der Waals surface area (Å²) in [6.45, 7) is 15.3. The summed E-state index contributed by atoms with van der Waals surface area (Å²) in [4.78, 5) is 63.6. The zero-order valence-corrected chi connectivity index (χ0v) is 37.6. The highest BCUT2D eigenvalue weighted by Crippen LogP contribution is 2.37. The van der Waals surface area contributed by atoms with Crippen molar-refractivity contribution in [2.24, 2.45) is 22.2 Å². The molecule has 2 saturated carbocycles. The first kappa shape index (κ1) is 46.0. The molecule has 4 fully saturated rings. The average Bonchev–Trinajstić information content (AvgIpc) is 3.86. The predicted octanol–water partition coefficient (Wildman–Crippen LogP) is 6.67. The molecule has 61 heavy (non-hydrogen) atoms. The number of carbonyl (C=O) groups is 4. The lowest BCUT2D eigenvalue weighted by Gasteiger charge is -2.42. The van der Waals surface area contributed by atoms with Crippen molar-refractivity contribution in [1.82, 2.24) is 20.3 Å². The summed E-state index contributed by atoms with van der Waals surface area (Å²) in [6.07, 6.45) is 12.5. The molecule has 8 atom stereocenters. The van der Waals surface area contributed by atoms with E-state index in [1.54, 1.807) is 13.2 Å². The van der Waals surface area contributed by atoms with Gasteiger partial charge in [-0.3, -0.25) is 24.1 Å². The summed E-state index contributed by atoms with van der Waals surface area (Å²) in [7, 11) is -2.32. The average molecular weight is 864 g/mol. The number of hydrogen-bond acceptors (Lipinski definition) is 10. The van der Waals surface area contributed by atoms with Gasteiger partial charge in [0.05, 0.1) is 30.3 Å². The minimum atomic E-state index is -3.95. The Morgan fingerprint density at radius 2 is 1.82 bits per heavy atom. The van der Waals surface area contributed by atoms with Gasteiger partial charge in [0.25, 0.3) is 5.91 Å². The van der Waals surface area contributed by atoms with E-state index in [9.17, 15) is 27.6 Å². The van der Waals surface area contributed by atoms with Gasteiger partial charge in [-0.1, -0.05) is 57.9 Å². The molecular formula is C46H65N5O9S. The summed E-state index contributed by atoms with van der Waals surface area (Å²) in [6, 6.07) is 3.56. The fourth-order valence-corrected chi connectivity index (χ4v) is 10.3. The van der Waals surface area contributed by atoms with Crippen molar-refractivity contribution in [1.29, 1.82) is 0 Å². The summed E-state index contributed by atoms with van der Waals surface area (Å²) in [5.41, 5.74) is 1.02. The second-order valence-electron chi connectivity index (χ2n) is 18.4. The van der Waals surface area contributed by atoms with Crippen LogP contribution in [0.4, 0.5) is 10.5 Å². The molecule has 0 radical (unpaired) electrons. The van der Waals surface area contributed by atoms with Crippen molar-refractivity contribution in [3.05, 3.63) is 54.6 Å². The normalized spacial score (nSPS) is 31.2. The maximum Gasteiger partial charge on any atom is 0.408 e. The number of methoxy groups -OCH3 is 1. The summed E-state index contributed by atoms with van der Waals surface area (Å²) in [5.74, 6) is -1.86. The van der Waals surface area contributed by atoms with Gasteiger partial charge in [0.2, 0.25) is 21.8 Å². The lowest BCUT2D eigenvalue weighted by Crippen LogP contribution is -2.67. The van der Waals surface area contributed by atoms with Crippen molar-refractivity contribution < 1.29 is 41.8 Å². The Labute approximate surface area is 361 Å². The van der Waals surface area contributed by atoms with Crippen molar-refractivity contribution in [3.8, 4) is 5.75 Å². The largest absolute Gasteiger partial charge is 0.497 e. The molecule has 15 heteroatoms. The van der Waals surface area contributed by atoms with E-state index in [4.69, 9.17) is 19.2 Å². The van der Waals surface area contributed by atoms with Gasteiger partial charge in [-0.25, -0.2) is 13.2 Å². The van der Waals surface area contributed by atoms with Gasteiger partial charge >= 0.3 is 6.09 Å². The van der Waals surface area contributed by atoms with Gasteiger partial charge < -0.3 is 29.7 Å². The molecule has 3 N–H and O–H groups in total. The zero-order chi connectivity index (χ0) is 44.3. The number of nitrogens with one attached hydrogen (secondary N) is 3. The molecule has 3 aliphatic carbocycles. The van der Waals surface area contributed by atoms with Gasteiger partial charge in [0, 0.05) is 30.2 Å². The molecule has 1 aromatic carbocycles. The van der Waals surface area contributed by atoms with Crippen molar-refractivity contribution >= 4 is 50.8 Å². The molecule has 1 aromatic rings. The van der Waals surface area contributed by atoms with E-state index in [1.165, 1.54) is 17.1 Å². The Bertz CT molecular complexity index is 2050. The first-order chi connectivity index (χ1) is 28.9. The third-order valence-corrected chi connectivity index (χ3v) is 14.8. The minimum absolute atomic E-state index is 0.00396. The standard InChI is InChI=1S/C46H65N5O9S/c1-9-28(3)35-25-32(58-8)19-22-37(35)47-36-17-13-11-12-15-30-16-14-18-39(30)60-44(55)48-40(45(5,6)7)42(53)51-27-33(59-29(36)4)26-38(51)41(52)49-46(24-23-31(46)10-2)43(54)50-61(56,57)34-20-21-34/h9-10,19,22-25,29-31,33-34,38-40H,2,11-18,20-21,26-27H2,1,3-8H3,(H,48,55)(H,49,52)(H,50,54)/b28-9-,47-36?. The highest BCUT2D eigenvalue weighted by Gasteiger charge is 2.53. The molecule has 2 aliphatic heterocycles. The first-order valence-corrected chi connectivity index (χ1v) is 23.5. The number of carbonyl (C=O) groups excluding carboxylic acids is 4. The molecule has 6 rings (SSSR count). The topological polar surface area (TPSA) is 182 Å². The molecule has 2 bridgehead atoms. The SMILES string of the molecule is C=CC1C=CC1(NC(=O)C1CC2CN1C(=O)C(C(C)(C)C)NC(=O)OC1CCCC1CCCCCC(=Nc1ccc(OC)cc1/C(C)=C\C)C(C)O2)C(=O)NS(=O)(=O)C1CC1. The molecule has 0 spiro atoms. The molecule has 334 valence electrons. The van der Waals surface area contributed by atoms with E-state index in [1.807, 2.05) is 65.8 Å². The second-order valence-corrected chi connectivity index (χ2v) is 20.4. The van der Waals surface area contributed by atoms with Gasteiger partial charge in [-0.2, -0.15) is 0 Å². The number of ether oxygens (including phenoxy) is 3. The Balaban J connectivity index is 1.36. The van der Waals surface area contributed by atoms with Crippen LogP contribution in [-0.2, 0) is 33.9 Å². The van der Waals surface area contributed by atoms with E-state index in [-0.39, 0.29) is 25.0 Å². The second kappa shape index (κ2) is 18.9. The van der Waals surface area contributed by atoms with Crippen LogP contribution in [-0.4, -0.2) is 97.7 Å². The van der Waals surface area contributed by atoms with E-state index in [2.05, 4.69) is 21.9 Å². The molecular weight excluding hydrogens is 799 g/mol. The first-order valence-electron chi connectivity index (χ1n) is 21.9. The molecule has 2 saturated heterocycles. The fraction of sp³-hybridized carbons (Fsp3) is 0.630. The number of fused-ring (bicyclic) bond motifs is 3. The van der Waals surface area contributed by atoms with E-state index in [0.29, 0.717) is 25.0 Å². The highest BCUT2D eigenvalue weighted by atomic mass is 32.2. The van der Waals surface area contributed by atoms with Crippen LogP contribution < -0.4 is 20.1 Å². The van der Waals surface area contributed by atoms with Crippen LogP contribution in [0.2, 0.25) is 0 Å². The number of rotatable bonds is 9. The van der Waals surface area contributed by atoms with Crippen LogP contribution in [0.15, 0.2) is 54.1 Å². The van der Waals surface area contributed by atoms with Gasteiger partial charge in [0.15, 0.2) is 0 Å². The third-order valence-electron chi connectivity index (χ3n) is 13.0. The fourth-order valence-electron chi connectivity index (χ4n) is 8.99. The molecule has 4 amide bonds. The predicted molar refractivity (Wildman–Crippen MR) is 235 cm³/mol. The van der Waals surface area contributed by atoms with Gasteiger partial charge in [-0.05, 0) is 107 Å². The Morgan fingerprint density at radius 3 is 2.46 bits per heavy atom. The number of sulfonamides is 1. The molecule has 2 heterocycles. The van der Waals surface area contributed by atoms with Crippen LogP contribution in [0, 0.1) is 17.3 Å². The van der Waals surface area contributed by atoms with Crippen molar-refractivity contribution in [3.63, 3.8) is 0 Å². The number of aliphatic imine (C=N–C) groups is 1. The van der Waals surface area contributed by atoms with E-state index < -0.39 is 80.3 Å². The lowest BCUT2D eigenvalue weighted by molar-refractivity contribution is -0.143. The van der Waals surface area contributed by atoms with Crippen molar-refractivity contribution in [2.45, 2.75) is 153 Å². The summed E-state index contributed by atoms with van der Waals surface area (Å²) in [5, 5.41) is 5.04. The van der Waals surface area contributed by atoms with E-state index in [0.717, 1.165) is 67.5 Å². The maximum absolute atomic E-state index is 14.9. The monoisotopic (exact) mass is 863 g/mol. The Hall–Kier alpha value is -4.50. The number of nitrogens with zero attached hydrogens (tertiary/aromatic N) is 2. The van der Waals surface area contributed by atoms with Crippen LogP contribution in [0.1, 0.15) is 118 Å². The van der Waals surface area contributed by atoms with E-state index >= 15 is 0 Å². The summed E-state index contributed by atoms with van der Waals surface area (Å²) >= 11 is 0. The number of alkyl carbamates (subject to hydrolysis) is 1. The third kappa shape index (κ3) is 10.4. The summed E-state index contributed by atoms with van der Waals surface area (Å²) < 4.78 is 46.4. The molecule has 5 aliphatic rings. The molecule has 8 unspecified atom stereocenters. The lowest BCUT2D eigenvalue weighted by atomic mass is 9.73. The Kier molecular flexibility index (Phi) is 14.2. The van der Waals surface area contributed by atoms with Crippen molar-refractivity contribution in [2.75, 3.05) is 13.7 Å². The molecule has 14 nitrogen and oxygen atoms in total. The number of hydrogen-bond donors (Lipinski definition) is 3. The Morgan fingerprint density at radius 1 is 1.08 bits per heavy atom. The quantitative estimate of drug-likeness (QED) is 0.228. The van der Waals surface area contributed by atoms with Gasteiger partial charge in [-0.15, -0.1) is 6.58 Å². The number of allylic oxidation sites excluding steroid dienone is 2. The van der Waals surface area contributed by atoms with Crippen LogP contribution >= 0.6 is 0 Å². The number of benzene rings is 1. The minimum Gasteiger partial charge on any atom is -0.497 e. The van der Waals surface area contributed by atoms with Crippen LogP contribution in [0.25, 0.3) is 5.57 Å². The smallest absolute Gasteiger partial charge is 0.408 e. The highest BCUT2D eigenvalue weighted by molar-refractivity contribution is 7.91. The van der Waals surface area contributed by atoms with Crippen LogP contribution in [0.5, 0.6) is 5.75 Å². The van der Waals surface area contributed by atoms with Gasteiger partial charge in [0.1, 0.15) is 29.5 Å².